The Balaban J connectivity index is 1.41. The first-order valence-electron chi connectivity index (χ1n) is 10.2. The molecule has 0 atom stereocenters. The fraction of sp³-hybridized carbons (Fsp3) is 0.174. The number of thiazole rings is 1. The molecule has 9 nitrogen and oxygen atoms in total. The molecule has 0 spiro atoms. The summed E-state index contributed by atoms with van der Waals surface area (Å²) in [5.41, 5.74) is 2.48. The predicted octanol–water partition coefficient (Wildman–Crippen LogP) is 3.72. The summed E-state index contributed by atoms with van der Waals surface area (Å²) in [5, 5.41) is 9.02. The zero-order valence-electron chi connectivity index (χ0n) is 18.0. The molecule has 2 aromatic heterocycles. The molecule has 3 amide bonds. The zero-order chi connectivity index (χ0) is 23.3. The van der Waals surface area contributed by atoms with E-state index in [4.69, 9.17) is 4.74 Å². The van der Waals surface area contributed by atoms with E-state index in [0.717, 1.165) is 17.0 Å². The number of rotatable bonds is 5. The van der Waals surface area contributed by atoms with Crippen molar-refractivity contribution in [2.45, 2.75) is 19.9 Å². The van der Waals surface area contributed by atoms with Gasteiger partial charge in [-0.1, -0.05) is 12.1 Å². The Hall–Kier alpha value is -4.05. The van der Waals surface area contributed by atoms with Gasteiger partial charge in [0.2, 0.25) is 4.96 Å². The van der Waals surface area contributed by atoms with Crippen molar-refractivity contribution in [2.75, 3.05) is 12.4 Å². The van der Waals surface area contributed by atoms with Gasteiger partial charge in [-0.2, -0.15) is 4.98 Å². The molecule has 10 heteroatoms. The maximum Gasteiger partial charge on any atom is 0.261 e. The number of hydrogen-bond acceptors (Lipinski definition) is 7. The van der Waals surface area contributed by atoms with E-state index < -0.39 is 11.8 Å². The van der Waals surface area contributed by atoms with E-state index >= 15 is 0 Å². The minimum Gasteiger partial charge on any atom is -0.497 e. The Morgan fingerprint density at radius 2 is 1.88 bits per heavy atom. The molecule has 33 heavy (non-hydrogen) atoms. The van der Waals surface area contributed by atoms with Crippen LogP contribution < -0.4 is 10.1 Å². The first-order chi connectivity index (χ1) is 15.9. The second-order valence-electron chi connectivity index (χ2n) is 7.77. The van der Waals surface area contributed by atoms with Crippen LogP contribution in [-0.4, -0.2) is 50.4 Å². The summed E-state index contributed by atoms with van der Waals surface area (Å²) in [7, 11) is 1.61. The summed E-state index contributed by atoms with van der Waals surface area (Å²) in [6, 6.07) is 11.8. The van der Waals surface area contributed by atoms with Crippen molar-refractivity contribution in [1.29, 1.82) is 0 Å². The number of nitrogens with one attached hydrogen (secondary N) is 1. The molecular weight excluding hydrogens is 442 g/mol. The fourth-order valence-corrected chi connectivity index (χ4v) is 4.59. The number of aromatic nitrogens is 3. The first kappa shape index (κ1) is 20.8. The minimum absolute atomic E-state index is 0.141. The highest BCUT2D eigenvalue weighted by Gasteiger charge is 2.37. The molecule has 0 radical (unpaired) electrons. The monoisotopic (exact) mass is 461 g/mol. The summed E-state index contributed by atoms with van der Waals surface area (Å²) in [4.78, 5) is 44.1. The Kier molecular flexibility index (Phi) is 4.94. The van der Waals surface area contributed by atoms with Crippen LogP contribution >= 0.6 is 11.3 Å². The third-order valence-electron chi connectivity index (χ3n) is 5.37. The van der Waals surface area contributed by atoms with Gasteiger partial charge in [-0.15, -0.1) is 16.4 Å². The molecule has 0 saturated carbocycles. The molecule has 0 unspecified atom stereocenters. The van der Waals surface area contributed by atoms with E-state index in [-0.39, 0.29) is 29.0 Å². The van der Waals surface area contributed by atoms with Crippen LogP contribution in [0.15, 0.2) is 47.8 Å². The van der Waals surface area contributed by atoms with Gasteiger partial charge in [0.05, 0.1) is 23.9 Å². The van der Waals surface area contributed by atoms with Gasteiger partial charge in [-0.3, -0.25) is 24.6 Å². The van der Waals surface area contributed by atoms with Crippen LogP contribution in [0.5, 0.6) is 5.75 Å². The van der Waals surface area contributed by atoms with Crippen molar-refractivity contribution in [3.05, 3.63) is 64.5 Å². The Labute approximate surface area is 192 Å². The van der Waals surface area contributed by atoms with Crippen LogP contribution in [0.2, 0.25) is 0 Å². The smallest absolute Gasteiger partial charge is 0.261 e. The molecule has 0 fully saturated rings. The zero-order valence-corrected chi connectivity index (χ0v) is 18.8. The number of anilines is 1. The van der Waals surface area contributed by atoms with E-state index in [0.29, 0.717) is 10.5 Å². The highest BCUT2D eigenvalue weighted by molar-refractivity contribution is 7.15. The van der Waals surface area contributed by atoms with Gasteiger partial charge in [0, 0.05) is 22.5 Å². The van der Waals surface area contributed by atoms with E-state index in [1.54, 1.807) is 25.5 Å². The standard InChI is InChI=1S/C23H19N5O4S/c1-12(2)27-20(30)16-8-7-14(10-17(16)21(27)31)19(29)24-22-25-23-28(26-22)18(11-33-23)13-5-4-6-15(9-13)32-3/h4-12H,1-3H3,(H,24,26,29). The number of nitrogens with zero attached hydrogens (tertiary/aromatic N) is 4. The van der Waals surface area contributed by atoms with E-state index in [1.807, 2.05) is 29.6 Å². The average Bonchev–Trinajstić information content (AvgIpc) is 3.45. The van der Waals surface area contributed by atoms with Crippen LogP contribution in [-0.2, 0) is 0 Å². The van der Waals surface area contributed by atoms with Gasteiger partial charge in [0.15, 0.2) is 0 Å². The highest BCUT2D eigenvalue weighted by atomic mass is 32.1. The van der Waals surface area contributed by atoms with Crippen molar-refractivity contribution in [1.82, 2.24) is 19.5 Å². The third-order valence-corrected chi connectivity index (χ3v) is 6.19. The van der Waals surface area contributed by atoms with Crippen molar-refractivity contribution in [3.8, 4) is 17.0 Å². The van der Waals surface area contributed by atoms with Crippen LogP contribution in [0.25, 0.3) is 16.2 Å². The van der Waals surface area contributed by atoms with Gasteiger partial charge in [-0.25, -0.2) is 4.52 Å². The Morgan fingerprint density at radius 1 is 1.09 bits per heavy atom. The summed E-state index contributed by atoms with van der Waals surface area (Å²) in [6.07, 6.45) is 0. The second-order valence-corrected chi connectivity index (χ2v) is 8.61. The molecule has 0 aliphatic carbocycles. The number of fused-ring (bicyclic) bond motifs is 2. The number of carbonyl (C=O) groups is 3. The lowest BCUT2D eigenvalue weighted by atomic mass is 10.1. The minimum atomic E-state index is -0.470. The Bertz CT molecular complexity index is 1440. The molecule has 166 valence electrons. The summed E-state index contributed by atoms with van der Waals surface area (Å²) < 4.78 is 6.94. The highest BCUT2D eigenvalue weighted by Crippen LogP contribution is 2.29. The number of amides is 3. The summed E-state index contributed by atoms with van der Waals surface area (Å²) in [6.45, 7) is 3.54. The average molecular weight is 462 g/mol. The molecule has 4 aromatic rings. The maximum absolute atomic E-state index is 12.8. The van der Waals surface area contributed by atoms with Gasteiger partial charge in [-0.05, 0) is 44.2 Å². The molecule has 0 saturated heterocycles. The number of methoxy groups -OCH3 is 1. The summed E-state index contributed by atoms with van der Waals surface area (Å²) in [5.74, 6) is -0.354. The molecule has 0 bridgehead atoms. The molecule has 5 rings (SSSR count). The molecule has 3 heterocycles. The van der Waals surface area contributed by atoms with Gasteiger partial charge in [0.1, 0.15) is 5.75 Å². The first-order valence-corrected chi connectivity index (χ1v) is 11.1. The lowest BCUT2D eigenvalue weighted by molar-refractivity contribution is 0.0609. The third kappa shape index (κ3) is 3.44. The number of benzene rings is 2. The molecule has 2 aromatic carbocycles. The quantitative estimate of drug-likeness (QED) is 0.454. The second kappa shape index (κ2) is 7.82. The number of hydrogen-bond donors (Lipinski definition) is 1. The largest absolute Gasteiger partial charge is 0.497 e. The van der Waals surface area contributed by atoms with Crippen LogP contribution in [0.3, 0.4) is 0 Å². The van der Waals surface area contributed by atoms with Crippen LogP contribution in [0.4, 0.5) is 5.95 Å². The molecule has 1 aliphatic rings. The van der Waals surface area contributed by atoms with E-state index in [9.17, 15) is 14.4 Å². The normalized spacial score (nSPS) is 13.2. The molecule has 1 aliphatic heterocycles. The molecule has 1 N–H and O–H groups in total. The number of carbonyl (C=O) groups excluding carboxylic acids is 3. The maximum atomic E-state index is 12.8. The van der Waals surface area contributed by atoms with Gasteiger partial charge in [0.25, 0.3) is 23.7 Å². The van der Waals surface area contributed by atoms with Crippen molar-refractivity contribution >= 4 is 40.0 Å². The number of ether oxygens (including phenoxy) is 1. The van der Waals surface area contributed by atoms with Crippen molar-refractivity contribution in [3.63, 3.8) is 0 Å². The predicted molar refractivity (Wildman–Crippen MR) is 123 cm³/mol. The fourth-order valence-electron chi connectivity index (χ4n) is 3.76. The van der Waals surface area contributed by atoms with Gasteiger partial charge >= 0.3 is 0 Å². The van der Waals surface area contributed by atoms with E-state index in [1.165, 1.54) is 34.4 Å². The van der Waals surface area contributed by atoms with E-state index in [2.05, 4.69) is 15.4 Å². The summed E-state index contributed by atoms with van der Waals surface area (Å²) >= 11 is 1.40. The number of imide groups is 1. The topological polar surface area (TPSA) is 106 Å². The Morgan fingerprint density at radius 3 is 2.64 bits per heavy atom. The van der Waals surface area contributed by atoms with Crippen molar-refractivity contribution < 1.29 is 19.1 Å². The van der Waals surface area contributed by atoms with Crippen LogP contribution in [0, 0.1) is 0 Å². The van der Waals surface area contributed by atoms with Gasteiger partial charge < -0.3 is 4.74 Å². The van der Waals surface area contributed by atoms with Crippen LogP contribution in [0.1, 0.15) is 44.9 Å². The molecular formula is C23H19N5O4S. The SMILES string of the molecule is COc1cccc(-c2csc3nc(NC(=O)c4ccc5c(c4)C(=O)N(C(C)C)C5=O)nn23)c1. The lowest BCUT2D eigenvalue weighted by Crippen LogP contribution is -2.35. The lowest BCUT2D eigenvalue weighted by Gasteiger charge is -2.17. The van der Waals surface area contributed by atoms with Crippen molar-refractivity contribution in [2.24, 2.45) is 0 Å².